The molecule has 8 heteroatoms. The maximum atomic E-state index is 12.2. The summed E-state index contributed by atoms with van der Waals surface area (Å²) in [5.74, 6) is 0.241. The molecule has 0 spiro atoms. The van der Waals surface area contributed by atoms with Gasteiger partial charge in [-0.25, -0.2) is 17.7 Å². The quantitative estimate of drug-likeness (QED) is 0.752. The van der Waals surface area contributed by atoms with Crippen molar-refractivity contribution in [2.45, 2.75) is 38.7 Å². The number of piperidine rings is 1. The van der Waals surface area contributed by atoms with Crippen LogP contribution in [0.15, 0.2) is 18.2 Å². The fourth-order valence-electron chi connectivity index (χ4n) is 2.77. The number of ether oxygens (including phenoxy) is 1. The Morgan fingerprint density at radius 3 is 2.79 bits per heavy atom. The molecule has 2 aromatic rings. The van der Waals surface area contributed by atoms with E-state index in [4.69, 9.17) is 16.3 Å². The van der Waals surface area contributed by atoms with Gasteiger partial charge in [0.1, 0.15) is 11.6 Å². The number of thiazole rings is 1. The average Bonchev–Trinajstić information content (AvgIpc) is 2.97. The van der Waals surface area contributed by atoms with Crippen molar-refractivity contribution in [3.05, 3.63) is 23.2 Å². The minimum Gasteiger partial charge on any atom is -0.467 e. The lowest BCUT2D eigenvalue weighted by Gasteiger charge is -2.30. The molecule has 1 aliphatic heterocycles. The van der Waals surface area contributed by atoms with Gasteiger partial charge in [0, 0.05) is 13.1 Å². The van der Waals surface area contributed by atoms with Crippen molar-refractivity contribution in [1.82, 2.24) is 9.29 Å². The summed E-state index contributed by atoms with van der Waals surface area (Å²) in [4.78, 5) is 4.45. The van der Waals surface area contributed by atoms with Crippen LogP contribution in [0, 0.1) is 0 Å². The van der Waals surface area contributed by atoms with Crippen LogP contribution in [-0.4, -0.2) is 42.7 Å². The summed E-state index contributed by atoms with van der Waals surface area (Å²) in [7, 11) is -3.12. The van der Waals surface area contributed by atoms with Crippen molar-refractivity contribution in [2.75, 3.05) is 18.8 Å². The molecular formula is C16H21ClN2O3S2. The lowest BCUT2D eigenvalue weighted by molar-refractivity contribution is 0.135. The van der Waals surface area contributed by atoms with Crippen molar-refractivity contribution in [3.8, 4) is 5.19 Å². The first-order valence-electron chi connectivity index (χ1n) is 8.19. The second-order valence-corrected chi connectivity index (χ2v) is 9.44. The lowest BCUT2D eigenvalue weighted by Crippen LogP contribution is -2.42. The summed E-state index contributed by atoms with van der Waals surface area (Å²) in [5.41, 5.74) is 0.763. The van der Waals surface area contributed by atoms with Gasteiger partial charge in [-0.15, -0.1) is 0 Å². The molecule has 2 heterocycles. The van der Waals surface area contributed by atoms with E-state index < -0.39 is 10.0 Å². The van der Waals surface area contributed by atoms with Crippen LogP contribution in [0.3, 0.4) is 0 Å². The minimum atomic E-state index is -3.12. The summed E-state index contributed by atoms with van der Waals surface area (Å²) in [5, 5.41) is 1.22. The number of hydrogen-bond acceptors (Lipinski definition) is 5. The van der Waals surface area contributed by atoms with Crippen LogP contribution in [0.25, 0.3) is 10.2 Å². The highest BCUT2D eigenvalue weighted by molar-refractivity contribution is 7.89. The van der Waals surface area contributed by atoms with Crippen LogP contribution >= 0.6 is 22.9 Å². The Balaban J connectivity index is 1.59. The Morgan fingerprint density at radius 1 is 1.38 bits per heavy atom. The molecule has 0 aliphatic carbocycles. The summed E-state index contributed by atoms with van der Waals surface area (Å²) >= 11 is 7.61. The Bertz CT molecular complexity index is 799. The van der Waals surface area contributed by atoms with Gasteiger partial charge in [-0.05, 0) is 31.4 Å². The Labute approximate surface area is 151 Å². The van der Waals surface area contributed by atoms with E-state index in [-0.39, 0.29) is 11.9 Å². The molecule has 0 bridgehead atoms. The first-order chi connectivity index (χ1) is 11.5. The highest BCUT2D eigenvalue weighted by Crippen LogP contribution is 2.33. The molecule has 0 N–H and O–H groups in total. The molecule has 3 rings (SSSR count). The van der Waals surface area contributed by atoms with Gasteiger partial charge in [-0.1, -0.05) is 42.3 Å². The van der Waals surface area contributed by atoms with Crippen LogP contribution in [0.2, 0.25) is 5.02 Å². The van der Waals surface area contributed by atoms with Gasteiger partial charge in [0.25, 0.3) is 5.19 Å². The third kappa shape index (κ3) is 4.02. The van der Waals surface area contributed by atoms with Gasteiger partial charge in [0.2, 0.25) is 10.0 Å². The summed E-state index contributed by atoms with van der Waals surface area (Å²) < 4.78 is 33.0. The lowest BCUT2D eigenvalue weighted by atomic mass is 10.1. The highest BCUT2D eigenvalue weighted by atomic mass is 35.5. The van der Waals surface area contributed by atoms with Crippen LogP contribution < -0.4 is 4.74 Å². The zero-order valence-corrected chi connectivity index (χ0v) is 16.0. The molecule has 0 unspecified atom stereocenters. The van der Waals surface area contributed by atoms with Crippen LogP contribution in [0.5, 0.6) is 5.19 Å². The molecule has 1 saturated heterocycles. The van der Waals surface area contributed by atoms with Gasteiger partial charge in [0.05, 0.1) is 15.5 Å². The van der Waals surface area contributed by atoms with E-state index in [1.165, 1.54) is 11.3 Å². The number of para-hydroxylation sites is 1. The number of fused-ring (bicyclic) bond motifs is 1. The standard InChI is InChI=1S/C16H21ClN2O3S2/c1-2-3-11-24(20,21)19-9-7-12(8-10-19)22-16-18-15-13(17)5-4-6-14(15)23-16/h4-6,12H,2-3,7-11H2,1H3. The molecular weight excluding hydrogens is 368 g/mol. The third-order valence-corrected chi connectivity index (χ3v) is 7.34. The van der Waals surface area contributed by atoms with E-state index in [9.17, 15) is 8.42 Å². The van der Waals surface area contributed by atoms with E-state index in [0.29, 0.717) is 42.6 Å². The smallest absolute Gasteiger partial charge is 0.274 e. The number of sulfonamides is 1. The maximum absolute atomic E-state index is 12.2. The average molecular weight is 389 g/mol. The van der Waals surface area contributed by atoms with Gasteiger partial charge in [-0.3, -0.25) is 0 Å². The second kappa shape index (κ2) is 7.56. The van der Waals surface area contributed by atoms with Crippen molar-refractivity contribution in [2.24, 2.45) is 0 Å². The SMILES string of the molecule is CCCCS(=O)(=O)N1CCC(Oc2nc3c(Cl)cccc3s2)CC1. The number of unbranched alkanes of at least 4 members (excludes halogenated alkanes) is 1. The predicted octanol–water partition coefficient (Wildman–Crippen LogP) is 3.92. The normalized spacial score (nSPS) is 17.4. The zero-order valence-electron chi connectivity index (χ0n) is 13.6. The molecule has 0 amide bonds. The van der Waals surface area contributed by atoms with Gasteiger partial charge < -0.3 is 4.74 Å². The molecule has 0 saturated carbocycles. The zero-order chi connectivity index (χ0) is 17.2. The molecule has 1 aliphatic rings. The Hall–Kier alpha value is -0.890. The topological polar surface area (TPSA) is 59.5 Å². The van der Waals surface area contributed by atoms with Crippen molar-refractivity contribution in [3.63, 3.8) is 0 Å². The predicted molar refractivity (Wildman–Crippen MR) is 98.5 cm³/mol. The van der Waals surface area contributed by atoms with Crippen molar-refractivity contribution >= 4 is 43.2 Å². The van der Waals surface area contributed by atoms with Crippen LogP contribution in [0.4, 0.5) is 0 Å². The molecule has 24 heavy (non-hydrogen) atoms. The number of aromatic nitrogens is 1. The fraction of sp³-hybridized carbons (Fsp3) is 0.562. The maximum Gasteiger partial charge on any atom is 0.274 e. The molecule has 0 atom stereocenters. The van der Waals surface area contributed by atoms with Crippen molar-refractivity contribution < 1.29 is 13.2 Å². The Kier molecular flexibility index (Phi) is 5.64. The van der Waals surface area contributed by atoms with E-state index in [2.05, 4.69) is 4.98 Å². The van der Waals surface area contributed by atoms with E-state index in [0.717, 1.165) is 16.6 Å². The summed E-state index contributed by atoms with van der Waals surface area (Å²) in [6.45, 7) is 3.03. The van der Waals surface area contributed by atoms with E-state index in [1.807, 2.05) is 25.1 Å². The second-order valence-electron chi connectivity index (χ2n) is 5.95. The third-order valence-electron chi connectivity index (χ3n) is 4.17. The number of rotatable bonds is 6. The largest absolute Gasteiger partial charge is 0.467 e. The molecule has 0 radical (unpaired) electrons. The number of benzene rings is 1. The van der Waals surface area contributed by atoms with E-state index in [1.54, 1.807) is 4.31 Å². The first-order valence-corrected chi connectivity index (χ1v) is 11.0. The molecule has 5 nitrogen and oxygen atoms in total. The molecule has 132 valence electrons. The fourth-order valence-corrected chi connectivity index (χ4v) is 5.63. The van der Waals surface area contributed by atoms with Crippen LogP contribution in [-0.2, 0) is 10.0 Å². The van der Waals surface area contributed by atoms with Gasteiger partial charge in [0.15, 0.2) is 0 Å². The highest BCUT2D eigenvalue weighted by Gasteiger charge is 2.28. The monoisotopic (exact) mass is 388 g/mol. The van der Waals surface area contributed by atoms with Crippen molar-refractivity contribution in [1.29, 1.82) is 0 Å². The summed E-state index contributed by atoms with van der Waals surface area (Å²) in [6.07, 6.45) is 2.98. The first kappa shape index (κ1) is 17.9. The minimum absolute atomic E-state index is 0.00182. The molecule has 1 aromatic carbocycles. The molecule has 1 fully saturated rings. The Morgan fingerprint density at radius 2 is 2.12 bits per heavy atom. The number of nitrogens with zero attached hydrogens (tertiary/aromatic N) is 2. The number of hydrogen-bond donors (Lipinski definition) is 0. The van der Waals surface area contributed by atoms with Gasteiger partial charge in [-0.2, -0.15) is 0 Å². The summed E-state index contributed by atoms with van der Waals surface area (Å²) in [6, 6.07) is 5.67. The van der Waals surface area contributed by atoms with Crippen LogP contribution in [0.1, 0.15) is 32.6 Å². The van der Waals surface area contributed by atoms with E-state index >= 15 is 0 Å². The van der Waals surface area contributed by atoms with Gasteiger partial charge >= 0.3 is 0 Å². The number of halogens is 1. The molecule has 1 aromatic heterocycles.